The van der Waals surface area contributed by atoms with Gasteiger partial charge in [-0.25, -0.2) is 4.98 Å². The van der Waals surface area contributed by atoms with Gasteiger partial charge in [0.05, 0.1) is 6.54 Å². The third-order valence-corrected chi connectivity index (χ3v) is 6.65. The van der Waals surface area contributed by atoms with Gasteiger partial charge in [0.25, 0.3) is 0 Å². The van der Waals surface area contributed by atoms with Crippen LogP contribution in [0.2, 0.25) is 0 Å². The maximum absolute atomic E-state index is 4.54. The fraction of sp³-hybridized carbons (Fsp3) is 0.550. The molecule has 0 amide bonds. The lowest BCUT2D eigenvalue weighted by Crippen LogP contribution is -2.37. The number of benzene rings is 1. The van der Waals surface area contributed by atoms with Crippen LogP contribution in [0.5, 0.6) is 0 Å². The molecule has 2 unspecified atom stereocenters. The Morgan fingerprint density at radius 2 is 2.04 bits per heavy atom. The highest BCUT2D eigenvalue weighted by atomic mass is 35.5. The van der Waals surface area contributed by atoms with Crippen molar-refractivity contribution in [3.8, 4) is 0 Å². The van der Waals surface area contributed by atoms with E-state index in [1.807, 2.05) is 6.20 Å². The molecule has 1 aliphatic carbocycles. The predicted octanol–water partition coefficient (Wildman–Crippen LogP) is 4.31. The van der Waals surface area contributed by atoms with Crippen molar-refractivity contribution < 1.29 is 0 Å². The second-order valence-corrected chi connectivity index (χ2v) is 8.48. The summed E-state index contributed by atoms with van der Waals surface area (Å²) in [5, 5.41) is 6.88. The van der Waals surface area contributed by atoms with Gasteiger partial charge in [0, 0.05) is 24.2 Å². The van der Waals surface area contributed by atoms with E-state index in [2.05, 4.69) is 57.8 Å². The zero-order valence-corrected chi connectivity index (χ0v) is 16.5. The molecule has 1 saturated heterocycles. The summed E-state index contributed by atoms with van der Waals surface area (Å²) < 4.78 is 0. The summed E-state index contributed by atoms with van der Waals surface area (Å²) >= 11 is 1.79. The van der Waals surface area contributed by atoms with Crippen molar-refractivity contribution >= 4 is 23.7 Å². The average Bonchev–Trinajstić information content (AvgIpc) is 3.06. The van der Waals surface area contributed by atoms with E-state index >= 15 is 0 Å². The minimum atomic E-state index is 0. The lowest BCUT2D eigenvalue weighted by Gasteiger charge is -2.31. The minimum Gasteiger partial charge on any atom is -0.317 e. The maximum Gasteiger partial charge on any atom is 0.107 e. The second-order valence-electron chi connectivity index (χ2n) is 7.50. The summed E-state index contributed by atoms with van der Waals surface area (Å²) in [6.45, 7) is 6.88. The SMILES string of the molecule is CC(CN(Cc1nccs1)C1CC12CCNCC2)c1ccccc1.Cl. The summed E-state index contributed by atoms with van der Waals surface area (Å²) in [6.07, 6.45) is 5.99. The van der Waals surface area contributed by atoms with Crippen LogP contribution in [0, 0.1) is 5.41 Å². The van der Waals surface area contributed by atoms with E-state index in [0.717, 1.165) is 19.1 Å². The monoisotopic (exact) mass is 377 g/mol. The molecule has 136 valence electrons. The molecule has 0 bridgehead atoms. The fourth-order valence-electron chi connectivity index (χ4n) is 4.35. The first-order valence-electron chi connectivity index (χ1n) is 9.15. The quantitative estimate of drug-likeness (QED) is 0.812. The van der Waals surface area contributed by atoms with Crippen LogP contribution in [0.3, 0.4) is 0 Å². The molecule has 25 heavy (non-hydrogen) atoms. The molecule has 3 nitrogen and oxygen atoms in total. The van der Waals surface area contributed by atoms with Crippen LogP contribution in [-0.2, 0) is 6.54 Å². The average molecular weight is 378 g/mol. The number of rotatable bonds is 6. The minimum absolute atomic E-state index is 0. The summed E-state index contributed by atoms with van der Waals surface area (Å²) in [4.78, 5) is 7.27. The molecule has 1 aliphatic heterocycles. The van der Waals surface area contributed by atoms with Gasteiger partial charge in [-0.15, -0.1) is 23.7 Å². The molecule has 1 aromatic carbocycles. The van der Waals surface area contributed by atoms with Gasteiger partial charge >= 0.3 is 0 Å². The first kappa shape index (κ1) is 18.8. The number of nitrogens with one attached hydrogen (secondary N) is 1. The van der Waals surface area contributed by atoms with Gasteiger partial charge in [-0.3, -0.25) is 4.90 Å². The molecule has 4 rings (SSSR count). The molecule has 0 radical (unpaired) electrons. The van der Waals surface area contributed by atoms with Gasteiger partial charge < -0.3 is 5.32 Å². The molecule has 2 heterocycles. The van der Waals surface area contributed by atoms with E-state index in [1.54, 1.807) is 11.3 Å². The molecule has 2 aliphatic rings. The predicted molar refractivity (Wildman–Crippen MR) is 108 cm³/mol. The van der Waals surface area contributed by atoms with Crippen molar-refractivity contribution in [2.75, 3.05) is 19.6 Å². The van der Waals surface area contributed by atoms with Crippen molar-refractivity contribution in [2.24, 2.45) is 5.41 Å². The van der Waals surface area contributed by atoms with Gasteiger partial charge in [0.1, 0.15) is 5.01 Å². The molecule has 1 saturated carbocycles. The molecule has 2 atom stereocenters. The summed E-state index contributed by atoms with van der Waals surface area (Å²) in [6, 6.07) is 11.7. The Labute approximate surface area is 161 Å². The van der Waals surface area contributed by atoms with E-state index in [1.165, 1.54) is 42.9 Å². The van der Waals surface area contributed by atoms with Crippen molar-refractivity contribution in [3.05, 3.63) is 52.5 Å². The zero-order chi connectivity index (χ0) is 16.4. The summed E-state index contributed by atoms with van der Waals surface area (Å²) in [5.41, 5.74) is 2.03. The summed E-state index contributed by atoms with van der Waals surface area (Å²) in [5.74, 6) is 0.561. The lowest BCUT2D eigenvalue weighted by atomic mass is 9.93. The molecular weight excluding hydrogens is 350 g/mol. The number of thiazole rings is 1. The van der Waals surface area contributed by atoms with Gasteiger partial charge in [0.2, 0.25) is 0 Å². The number of hydrogen-bond donors (Lipinski definition) is 1. The molecule has 1 aromatic heterocycles. The van der Waals surface area contributed by atoms with Crippen LogP contribution < -0.4 is 5.32 Å². The van der Waals surface area contributed by atoms with E-state index < -0.39 is 0 Å². The van der Waals surface area contributed by atoms with Gasteiger partial charge in [0.15, 0.2) is 0 Å². The van der Waals surface area contributed by atoms with Gasteiger partial charge in [-0.1, -0.05) is 37.3 Å². The second kappa shape index (κ2) is 8.17. The van der Waals surface area contributed by atoms with Gasteiger partial charge in [-0.2, -0.15) is 0 Å². The first-order valence-corrected chi connectivity index (χ1v) is 10.0. The van der Waals surface area contributed by atoms with Crippen molar-refractivity contribution in [2.45, 2.75) is 44.7 Å². The van der Waals surface area contributed by atoms with Crippen LogP contribution >= 0.6 is 23.7 Å². The Morgan fingerprint density at radius 3 is 2.72 bits per heavy atom. The van der Waals surface area contributed by atoms with E-state index in [9.17, 15) is 0 Å². The van der Waals surface area contributed by atoms with Crippen LogP contribution in [-0.4, -0.2) is 35.6 Å². The molecule has 5 heteroatoms. The van der Waals surface area contributed by atoms with E-state index in [-0.39, 0.29) is 12.4 Å². The Morgan fingerprint density at radius 1 is 1.28 bits per heavy atom. The third kappa shape index (κ3) is 4.25. The van der Waals surface area contributed by atoms with Crippen LogP contribution in [0.15, 0.2) is 41.9 Å². The van der Waals surface area contributed by atoms with Crippen LogP contribution in [0.4, 0.5) is 0 Å². The lowest BCUT2D eigenvalue weighted by molar-refractivity contribution is 0.187. The van der Waals surface area contributed by atoms with Crippen molar-refractivity contribution in [1.29, 1.82) is 0 Å². The highest BCUT2D eigenvalue weighted by Crippen LogP contribution is 2.56. The Bertz CT molecular complexity index is 640. The first-order chi connectivity index (χ1) is 11.8. The molecular formula is C20H28ClN3S. The highest BCUT2D eigenvalue weighted by molar-refractivity contribution is 7.09. The molecule has 1 spiro atoms. The normalized spacial score (nSPS) is 22.6. The van der Waals surface area contributed by atoms with Crippen LogP contribution in [0.25, 0.3) is 0 Å². The fourth-order valence-corrected chi connectivity index (χ4v) is 4.99. The molecule has 2 aromatic rings. The Kier molecular flexibility index (Phi) is 6.16. The number of nitrogens with zero attached hydrogens (tertiary/aromatic N) is 2. The number of halogens is 1. The van der Waals surface area contributed by atoms with Gasteiger partial charge in [-0.05, 0) is 49.2 Å². The molecule has 1 N–H and O–H groups in total. The summed E-state index contributed by atoms with van der Waals surface area (Å²) in [7, 11) is 0. The van der Waals surface area contributed by atoms with Crippen molar-refractivity contribution in [1.82, 2.24) is 15.2 Å². The van der Waals surface area contributed by atoms with Crippen molar-refractivity contribution in [3.63, 3.8) is 0 Å². The van der Waals surface area contributed by atoms with E-state index in [0.29, 0.717) is 11.3 Å². The zero-order valence-electron chi connectivity index (χ0n) is 14.9. The van der Waals surface area contributed by atoms with Crippen LogP contribution in [0.1, 0.15) is 42.7 Å². The maximum atomic E-state index is 4.54. The Balaban J connectivity index is 0.00000182. The molecule has 2 fully saturated rings. The highest BCUT2D eigenvalue weighted by Gasteiger charge is 2.56. The van der Waals surface area contributed by atoms with E-state index in [4.69, 9.17) is 0 Å². The topological polar surface area (TPSA) is 28.2 Å². The number of hydrogen-bond acceptors (Lipinski definition) is 4. The standard InChI is InChI=1S/C20H27N3S.ClH/c1-16(17-5-3-2-4-6-17)14-23(15-19-22-11-12-24-19)18-13-20(18)7-9-21-10-8-20;/h2-6,11-12,16,18,21H,7-10,13-15H2,1H3;1H. The number of aromatic nitrogens is 1. The smallest absolute Gasteiger partial charge is 0.107 e. The number of piperidine rings is 1. The largest absolute Gasteiger partial charge is 0.317 e. The Hall–Kier alpha value is -0.940. The third-order valence-electron chi connectivity index (χ3n) is 5.89.